The summed E-state index contributed by atoms with van der Waals surface area (Å²) in [4.78, 5) is 65.7. The van der Waals surface area contributed by atoms with Crippen molar-refractivity contribution in [1.82, 2.24) is 10.2 Å². The van der Waals surface area contributed by atoms with Crippen molar-refractivity contribution in [2.75, 3.05) is 6.54 Å². The number of ether oxygens (including phenoxy) is 1. The number of hydrogen-bond acceptors (Lipinski definition) is 6. The fourth-order valence-electron chi connectivity index (χ4n) is 6.57. The van der Waals surface area contributed by atoms with Crippen molar-refractivity contribution in [3.05, 3.63) is 0 Å². The van der Waals surface area contributed by atoms with Gasteiger partial charge in [0.25, 0.3) is 5.91 Å². The van der Waals surface area contributed by atoms with Crippen molar-refractivity contribution >= 4 is 29.5 Å². The van der Waals surface area contributed by atoms with E-state index >= 15 is 0 Å². The predicted octanol–water partition coefficient (Wildman–Crippen LogP) is 3.92. The van der Waals surface area contributed by atoms with E-state index in [1.165, 1.54) is 4.90 Å². The van der Waals surface area contributed by atoms with E-state index in [0.29, 0.717) is 12.8 Å². The molecule has 12 heteroatoms. The third-order valence-electron chi connectivity index (χ3n) is 8.72. The van der Waals surface area contributed by atoms with Crippen LogP contribution in [0.4, 0.5) is 18.0 Å². The molecule has 0 radical (unpaired) electrons. The van der Waals surface area contributed by atoms with Gasteiger partial charge in [-0.15, -0.1) is 0 Å². The van der Waals surface area contributed by atoms with Crippen molar-refractivity contribution in [2.24, 2.45) is 34.8 Å². The average molecular weight is 574 g/mol. The second-order valence-electron chi connectivity index (χ2n) is 13.2. The Morgan fingerprint density at radius 3 is 2.17 bits per heavy atom. The van der Waals surface area contributed by atoms with Gasteiger partial charge in [-0.1, -0.05) is 33.1 Å². The first-order valence-electron chi connectivity index (χ1n) is 14.1. The molecular formula is C28H42F3N3O6. The Balaban J connectivity index is 1.86. The van der Waals surface area contributed by atoms with Crippen LogP contribution >= 0.6 is 0 Å². The first kappa shape index (κ1) is 31.9. The van der Waals surface area contributed by atoms with Gasteiger partial charge in [0.05, 0.1) is 6.04 Å². The molecule has 1 heterocycles. The molecule has 2 saturated carbocycles. The van der Waals surface area contributed by atoms with Crippen molar-refractivity contribution in [2.45, 2.75) is 110 Å². The third kappa shape index (κ3) is 7.54. The molecule has 1 aliphatic heterocycles. The topological polar surface area (TPSA) is 136 Å². The number of amides is 3. The molecule has 40 heavy (non-hydrogen) atoms. The summed E-state index contributed by atoms with van der Waals surface area (Å²) >= 11 is 0. The largest absolute Gasteiger partial charge is 0.444 e. The van der Waals surface area contributed by atoms with Crippen molar-refractivity contribution in [3.8, 4) is 0 Å². The maximum absolute atomic E-state index is 14.0. The third-order valence-corrected chi connectivity index (χ3v) is 8.72. The second kappa shape index (κ2) is 11.7. The molecule has 0 aromatic heterocycles. The van der Waals surface area contributed by atoms with Gasteiger partial charge in [-0.3, -0.25) is 19.2 Å². The standard InChI is InChI=1S/C28H42F3N3O6/c1-26(2,3)40-25(39)33-20(15-9-7-6-8-10-15)24(38)34-14-17-19(27(17,4)5)21(34)18(35)13-16(22(36)23(32)37)11-12-28(29,30)31/h15-17,19-21H,6-14H2,1-5H3,(H2,32,37)(H,33,39)/t16?,17-,19-,20-,21+/m0/s1. The zero-order chi connectivity index (χ0) is 30.2. The number of rotatable bonds is 10. The van der Waals surface area contributed by atoms with E-state index in [4.69, 9.17) is 10.5 Å². The summed E-state index contributed by atoms with van der Waals surface area (Å²) in [6.45, 7) is 9.28. The first-order chi connectivity index (χ1) is 18.3. The molecule has 3 aliphatic rings. The number of carbonyl (C=O) groups excluding carboxylic acids is 5. The number of primary amides is 1. The highest BCUT2D eigenvalue weighted by Crippen LogP contribution is 2.65. The zero-order valence-corrected chi connectivity index (χ0v) is 23.9. The molecule has 0 bridgehead atoms. The number of hydrogen-bond donors (Lipinski definition) is 2. The highest BCUT2D eigenvalue weighted by atomic mass is 19.4. The number of nitrogens with zero attached hydrogens (tertiary/aromatic N) is 1. The quantitative estimate of drug-likeness (QED) is 0.381. The van der Waals surface area contributed by atoms with Gasteiger partial charge in [0, 0.05) is 25.3 Å². The summed E-state index contributed by atoms with van der Waals surface area (Å²) < 4.78 is 44.2. The summed E-state index contributed by atoms with van der Waals surface area (Å²) in [5.74, 6) is -5.59. The number of alkyl carbamates (subject to hydrolysis) is 1. The number of nitrogens with two attached hydrogens (primary N) is 1. The minimum absolute atomic E-state index is 0.0144. The fourth-order valence-corrected chi connectivity index (χ4v) is 6.57. The Morgan fingerprint density at radius 2 is 1.65 bits per heavy atom. The smallest absolute Gasteiger partial charge is 0.408 e. The molecule has 3 N–H and O–H groups in total. The van der Waals surface area contributed by atoms with Crippen LogP contribution in [0.25, 0.3) is 0 Å². The number of ketones is 2. The maximum atomic E-state index is 14.0. The summed E-state index contributed by atoms with van der Waals surface area (Å²) in [5, 5.41) is 2.74. The molecule has 226 valence electrons. The molecule has 0 aromatic rings. The van der Waals surface area contributed by atoms with Crippen LogP contribution in [0.2, 0.25) is 0 Å². The lowest BCUT2D eigenvalue weighted by Gasteiger charge is -2.37. The summed E-state index contributed by atoms with van der Waals surface area (Å²) in [6, 6.07) is -1.91. The number of carbonyl (C=O) groups is 5. The van der Waals surface area contributed by atoms with Gasteiger partial charge in [-0.05, 0) is 63.2 Å². The molecule has 5 atom stereocenters. The molecule has 1 unspecified atom stereocenters. The Labute approximate surface area is 233 Å². The van der Waals surface area contributed by atoms with Crippen LogP contribution in [0, 0.1) is 29.1 Å². The van der Waals surface area contributed by atoms with E-state index < -0.39 is 78.5 Å². The summed E-state index contributed by atoms with van der Waals surface area (Å²) in [6.07, 6.45) is -3.84. The van der Waals surface area contributed by atoms with E-state index in [1.54, 1.807) is 20.8 Å². The van der Waals surface area contributed by atoms with Crippen LogP contribution in [0.3, 0.4) is 0 Å². The van der Waals surface area contributed by atoms with Crippen molar-refractivity contribution in [3.63, 3.8) is 0 Å². The van der Waals surface area contributed by atoms with Gasteiger partial charge in [-0.25, -0.2) is 4.79 Å². The van der Waals surface area contributed by atoms with Gasteiger partial charge in [0.1, 0.15) is 11.6 Å². The minimum atomic E-state index is -4.58. The Morgan fingerprint density at radius 1 is 1.05 bits per heavy atom. The lowest BCUT2D eigenvalue weighted by atomic mass is 9.82. The van der Waals surface area contributed by atoms with Gasteiger partial charge >= 0.3 is 12.3 Å². The molecule has 1 saturated heterocycles. The van der Waals surface area contributed by atoms with E-state index in [-0.39, 0.29) is 29.7 Å². The number of likely N-dealkylation sites (tertiary alicyclic amines) is 1. The van der Waals surface area contributed by atoms with E-state index in [0.717, 1.165) is 19.3 Å². The highest BCUT2D eigenvalue weighted by molar-refractivity contribution is 6.36. The van der Waals surface area contributed by atoms with E-state index in [1.807, 2.05) is 13.8 Å². The average Bonchev–Trinajstić information content (AvgIpc) is 3.15. The highest BCUT2D eigenvalue weighted by Gasteiger charge is 2.69. The van der Waals surface area contributed by atoms with Crippen LogP contribution in [0.1, 0.15) is 86.0 Å². The van der Waals surface area contributed by atoms with E-state index in [2.05, 4.69) is 5.32 Å². The lowest BCUT2D eigenvalue weighted by molar-refractivity contribution is -0.148. The molecule has 3 rings (SSSR count). The number of fused-ring (bicyclic) bond motifs is 1. The number of nitrogens with one attached hydrogen (secondary N) is 1. The van der Waals surface area contributed by atoms with Crippen LogP contribution in [-0.2, 0) is 23.9 Å². The Hall–Kier alpha value is -2.66. The van der Waals surface area contributed by atoms with Gasteiger partial charge in [-0.2, -0.15) is 13.2 Å². The predicted molar refractivity (Wildman–Crippen MR) is 139 cm³/mol. The lowest BCUT2D eigenvalue weighted by Crippen LogP contribution is -2.57. The summed E-state index contributed by atoms with van der Waals surface area (Å²) in [7, 11) is 0. The van der Waals surface area contributed by atoms with Crippen LogP contribution in [0.5, 0.6) is 0 Å². The van der Waals surface area contributed by atoms with Crippen molar-refractivity contribution in [1.29, 1.82) is 0 Å². The van der Waals surface area contributed by atoms with Gasteiger partial charge in [0.2, 0.25) is 11.7 Å². The number of halogens is 3. The zero-order valence-electron chi connectivity index (χ0n) is 23.9. The van der Waals surface area contributed by atoms with Crippen molar-refractivity contribution < 1.29 is 41.9 Å². The second-order valence-corrected chi connectivity index (χ2v) is 13.2. The van der Waals surface area contributed by atoms with Crippen LogP contribution in [-0.4, -0.2) is 64.8 Å². The minimum Gasteiger partial charge on any atom is -0.444 e. The molecule has 0 aromatic carbocycles. The Bertz CT molecular complexity index is 1020. The number of Topliss-reactive ketones (excluding diaryl/α,β-unsaturated/α-hetero) is 2. The van der Waals surface area contributed by atoms with Gasteiger partial charge in [0.15, 0.2) is 5.78 Å². The molecular weight excluding hydrogens is 531 g/mol. The number of piperidine rings is 1. The molecule has 3 fully saturated rings. The Kier molecular flexibility index (Phi) is 9.30. The fraction of sp³-hybridized carbons (Fsp3) is 0.821. The van der Waals surface area contributed by atoms with E-state index in [9.17, 15) is 37.1 Å². The van der Waals surface area contributed by atoms with Crippen LogP contribution in [0.15, 0.2) is 0 Å². The first-order valence-corrected chi connectivity index (χ1v) is 14.1. The number of alkyl halides is 3. The molecule has 3 amide bonds. The molecule has 0 spiro atoms. The van der Waals surface area contributed by atoms with Gasteiger partial charge < -0.3 is 20.7 Å². The van der Waals surface area contributed by atoms with Crippen LogP contribution < -0.4 is 11.1 Å². The molecule has 9 nitrogen and oxygen atoms in total. The summed E-state index contributed by atoms with van der Waals surface area (Å²) in [5.41, 5.74) is 4.00. The molecule has 2 aliphatic carbocycles. The SMILES string of the molecule is CC(C)(C)OC(=O)N[C@H](C(=O)N1C[C@H]2[C@@H]([C@H]1C(=O)CC(CCC(F)(F)F)C(=O)C(N)=O)C2(C)C)C1CCCCC1. The normalized spacial score (nSPS) is 25.9. The monoisotopic (exact) mass is 573 g/mol. The maximum Gasteiger partial charge on any atom is 0.408 e.